The summed E-state index contributed by atoms with van der Waals surface area (Å²) >= 11 is 0. The molecule has 0 atom stereocenters. The highest BCUT2D eigenvalue weighted by Gasteiger charge is 2.22. The van der Waals surface area contributed by atoms with Crippen molar-refractivity contribution in [1.82, 2.24) is 24.9 Å². The van der Waals surface area contributed by atoms with Gasteiger partial charge < -0.3 is 0 Å². The van der Waals surface area contributed by atoms with Crippen molar-refractivity contribution in [2.75, 3.05) is 13.1 Å². The molecule has 178 valence electrons. The van der Waals surface area contributed by atoms with E-state index < -0.39 is 26.8 Å². The van der Waals surface area contributed by atoms with E-state index >= 15 is 0 Å². The predicted octanol–water partition coefficient (Wildman–Crippen LogP) is 1.89. The molecule has 0 radical (unpaired) electrons. The molecule has 34 heavy (non-hydrogen) atoms. The Labute approximate surface area is 195 Å². The van der Waals surface area contributed by atoms with Crippen LogP contribution in [0.5, 0.6) is 0 Å². The average molecular weight is 487 g/mol. The quantitative estimate of drug-likeness (QED) is 0.364. The van der Waals surface area contributed by atoms with E-state index in [-0.39, 0.29) is 21.7 Å². The summed E-state index contributed by atoms with van der Waals surface area (Å²) < 4.78 is 28.0. The minimum atomic E-state index is -3.74. The molecule has 0 saturated heterocycles. The van der Waals surface area contributed by atoms with Crippen LogP contribution in [-0.4, -0.2) is 52.3 Å². The van der Waals surface area contributed by atoms with Gasteiger partial charge in [0.25, 0.3) is 17.5 Å². The van der Waals surface area contributed by atoms with E-state index in [0.29, 0.717) is 18.8 Å². The SMILES string of the molecule is CCN(CC)S(=O)(=O)c1cccc(C(=O)NNC(=O)c2cnn(-c3ccc([N+](=O)[O-])cc3)c2)c1. The summed E-state index contributed by atoms with van der Waals surface area (Å²) in [5.74, 6) is -1.36. The number of carbonyl (C=O) groups is 2. The van der Waals surface area contributed by atoms with Gasteiger partial charge in [0.05, 0.1) is 27.3 Å². The van der Waals surface area contributed by atoms with Crippen molar-refractivity contribution < 1.29 is 22.9 Å². The highest BCUT2D eigenvalue weighted by molar-refractivity contribution is 7.89. The molecule has 3 aromatic rings. The van der Waals surface area contributed by atoms with Gasteiger partial charge in [-0.25, -0.2) is 13.1 Å². The average Bonchev–Trinajstić information content (AvgIpc) is 3.33. The highest BCUT2D eigenvalue weighted by atomic mass is 32.2. The van der Waals surface area contributed by atoms with Crippen LogP contribution in [0.25, 0.3) is 5.69 Å². The number of benzene rings is 2. The lowest BCUT2D eigenvalue weighted by Crippen LogP contribution is -2.41. The lowest BCUT2D eigenvalue weighted by Gasteiger charge is -2.18. The van der Waals surface area contributed by atoms with Gasteiger partial charge in [0.1, 0.15) is 0 Å². The van der Waals surface area contributed by atoms with Crippen LogP contribution in [0.15, 0.2) is 65.8 Å². The topological polar surface area (TPSA) is 157 Å². The second kappa shape index (κ2) is 10.2. The van der Waals surface area contributed by atoms with Gasteiger partial charge >= 0.3 is 0 Å². The summed E-state index contributed by atoms with van der Waals surface area (Å²) in [6, 6.07) is 11.1. The van der Waals surface area contributed by atoms with Gasteiger partial charge in [-0.2, -0.15) is 9.40 Å². The third kappa shape index (κ3) is 5.27. The van der Waals surface area contributed by atoms with Crippen molar-refractivity contribution in [1.29, 1.82) is 0 Å². The van der Waals surface area contributed by atoms with Gasteiger partial charge in [0.2, 0.25) is 10.0 Å². The third-order valence-electron chi connectivity index (χ3n) is 4.90. The molecule has 2 amide bonds. The van der Waals surface area contributed by atoms with Crippen molar-refractivity contribution in [2.45, 2.75) is 18.7 Å². The van der Waals surface area contributed by atoms with Crippen LogP contribution < -0.4 is 10.9 Å². The lowest BCUT2D eigenvalue weighted by molar-refractivity contribution is -0.384. The van der Waals surface area contributed by atoms with E-state index in [1.807, 2.05) is 0 Å². The normalized spacial score (nSPS) is 11.3. The minimum absolute atomic E-state index is 0.0282. The third-order valence-corrected chi connectivity index (χ3v) is 6.94. The summed E-state index contributed by atoms with van der Waals surface area (Å²) in [6.07, 6.45) is 2.65. The van der Waals surface area contributed by atoms with Crippen molar-refractivity contribution in [3.05, 3.63) is 82.2 Å². The summed E-state index contributed by atoms with van der Waals surface area (Å²) in [5.41, 5.74) is 5.09. The fraction of sp³-hybridized carbons (Fsp3) is 0.190. The first-order valence-corrected chi connectivity index (χ1v) is 11.6. The van der Waals surface area contributed by atoms with Crippen molar-refractivity contribution in [3.8, 4) is 5.69 Å². The zero-order chi connectivity index (χ0) is 24.9. The molecule has 2 N–H and O–H groups in total. The maximum atomic E-state index is 12.7. The number of hydrazine groups is 1. The van der Waals surface area contributed by atoms with E-state index in [2.05, 4.69) is 16.0 Å². The van der Waals surface area contributed by atoms with Crippen LogP contribution in [0.3, 0.4) is 0 Å². The van der Waals surface area contributed by atoms with E-state index in [9.17, 15) is 28.1 Å². The van der Waals surface area contributed by atoms with Gasteiger partial charge in [-0.05, 0) is 30.3 Å². The number of aromatic nitrogens is 2. The largest absolute Gasteiger partial charge is 0.272 e. The Morgan fingerprint density at radius 3 is 2.24 bits per heavy atom. The number of nitro groups is 1. The number of amides is 2. The van der Waals surface area contributed by atoms with Gasteiger partial charge in [-0.15, -0.1) is 0 Å². The molecule has 13 heteroatoms. The van der Waals surface area contributed by atoms with Gasteiger partial charge in [0, 0.05) is 37.0 Å². The van der Waals surface area contributed by atoms with E-state index in [1.54, 1.807) is 13.8 Å². The van der Waals surface area contributed by atoms with Crippen LogP contribution in [0.1, 0.15) is 34.6 Å². The first kappa shape index (κ1) is 24.5. The summed E-state index contributed by atoms with van der Waals surface area (Å²) in [5, 5.41) is 14.8. The maximum Gasteiger partial charge on any atom is 0.272 e. The molecular weight excluding hydrogens is 464 g/mol. The zero-order valence-corrected chi connectivity index (χ0v) is 19.2. The van der Waals surface area contributed by atoms with Crippen LogP contribution in [0.4, 0.5) is 5.69 Å². The lowest BCUT2D eigenvalue weighted by atomic mass is 10.2. The molecule has 2 aromatic carbocycles. The number of nitro benzene ring substituents is 1. The molecule has 0 saturated carbocycles. The standard InChI is InChI=1S/C21H22N6O6S/c1-3-25(4-2)34(32,33)19-7-5-6-15(12-19)20(28)23-24-21(29)16-13-22-26(14-16)17-8-10-18(11-9-17)27(30)31/h5-14H,3-4H2,1-2H3,(H,23,28)(H,24,29). The number of hydrogen-bond acceptors (Lipinski definition) is 7. The molecule has 1 heterocycles. The summed E-state index contributed by atoms with van der Waals surface area (Å²) in [4.78, 5) is 35.1. The number of rotatable bonds is 8. The summed E-state index contributed by atoms with van der Waals surface area (Å²) in [6.45, 7) is 4.02. The Morgan fingerprint density at radius 2 is 1.65 bits per heavy atom. The van der Waals surface area contributed by atoms with E-state index in [1.165, 1.54) is 69.9 Å². The van der Waals surface area contributed by atoms with Crippen molar-refractivity contribution in [3.63, 3.8) is 0 Å². The van der Waals surface area contributed by atoms with Gasteiger partial charge in [-0.3, -0.25) is 30.6 Å². The molecule has 0 aliphatic carbocycles. The Hall–Kier alpha value is -4.10. The maximum absolute atomic E-state index is 12.7. The molecule has 0 fully saturated rings. The van der Waals surface area contributed by atoms with Gasteiger partial charge in [0.15, 0.2) is 0 Å². The molecule has 0 spiro atoms. The number of non-ortho nitro benzene ring substituents is 1. The first-order chi connectivity index (χ1) is 16.2. The Morgan fingerprint density at radius 1 is 1.03 bits per heavy atom. The molecule has 0 aliphatic heterocycles. The highest BCUT2D eigenvalue weighted by Crippen LogP contribution is 2.17. The Kier molecular flexibility index (Phi) is 7.38. The predicted molar refractivity (Wildman–Crippen MR) is 122 cm³/mol. The number of nitrogens with one attached hydrogen (secondary N) is 2. The first-order valence-electron chi connectivity index (χ1n) is 10.2. The second-order valence-corrected chi connectivity index (χ2v) is 8.91. The van der Waals surface area contributed by atoms with E-state index in [0.717, 1.165) is 0 Å². The Balaban J connectivity index is 1.67. The molecule has 0 aliphatic rings. The van der Waals surface area contributed by atoms with Crippen molar-refractivity contribution in [2.24, 2.45) is 0 Å². The minimum Gasteiger partial charge on any atom is -0.267 e. The molecule has 12 nitrogen and oxygen atoms in total. The molecule has 3 rings (SSSR count). The summed E-state index contributed by atoms with van der Waals surface area (Å²) in [7, 11) is -3.74. The van der Waals surface area contributed by atoms with Gasteiger partial charge in [-0.1, -0.05) is 19.9 Å². The number of nitrogens with zero attached hydrogens (tertiary/aromatic N) is 4. The number of carbonyl (C=O) groups excluding carboxylic acids is 2. The molecular formula is C21H22N6O6S. The molecule has 1 aromatic heterocycles. The fourth-order valence-electron chi connectivity index (χ4n) is 3.08. The fourth-order valence-corrected chi connectivity index (χ4v) is 4.58. The smallest absolute Gasteiger partial charge is 0.267 e. The zero-order valence-electron chi connectivity index (χ0n) is 18.3. The second-order valence-electron chi connectivity index (χ2n) is 6.97. The molecule has 0 unspecified atom stereocenters. The monoisotopic (exact) mass is 486 g/mol. The van der Waals surface area contributed by atoms with E-state index in [4.69, 9.17) is 0 Å². The molecule has 0 bridgehead atoms. The van der Waals surface area contributed by atoms with Crippen molar-refractivity contribution >= 4 is 27.5 Å². The Bertz CT molecular complexity index is 1320. The van der Waals surface area contributed by atoms with Crippen LogP contribution in [0, 0.1) is 10.1 Å². The van der Waals surface area contributed by atoms with Crippen LogP contribution in [-0.2, 0) is 10.0 Å². The van der Waals surface area contributed by atoms with Crippen LogP contribution >= 0.6 is 0 Å². The van der Waals surface area contributed by atoms with Crippen LogP contribution in [0.2, 0.25) is 0 Å². The number of sulfonamides is 1. The number of hydrogen-bond donors (Lipinski definition) is 2.